The van der Waals surface area contributed by atoms with E-state index in [2.05, 4.69) is 15.6 Å². The SMILES string of the molecule is COc1cccc([C@@H](C(=O)NCc2ccccc2)N(C(=O)Cn2nnc3ccccc32)c2ccccc2F)c1. The van der Waals surface area contributed by atoms with Crippen molar-refractivity contribution in [2.24, 2.45) is 0 Å². The summed E-state index contributed by atoms with van der Waals surface area (Å²) in [5.74, 6) is -1.17. The lowest BCUT2D eigenvalue weighted by molar-refractivity contribution is -0.127. The van der Waals surface area contributed by atoms with Crippen LogP contribution >= 0.6 is 0 Å². The van der Waals surface area contributed by atoms with E-state index in [0.29, 0.717) is 22.3 Å². The molecule has 0 radical (unpaired) electrons. The van der Waals surface area contributed by atoms with Gasteiger partial charge in [0.25, 0.3) is 0 Å². The van der Waals surface area contributed by atoms with E-state index in [1.54, 1.807) is 42.5 Å². The number of carbonyl (C=O) groups is 2. The quantitative estimate of drug-likeness (QED) is 0.303. The van der Waals surface area contributed by atoms with Crippen LogP contribution in [0.15, 0.2) is 103 Å². The largest absolute Gasteiger partial charge is 0.497 e. The van der Waals surface area contributed by atoms with E-state index < -0.39 is 23.7 Å². The van der Waals surface area contributed by atoms with Gasteiger partial charge in [-0.15, -0.1) is 5.10 Å². The number of methoxy groups -OCH3 is 1. The van der Waals surface area contributed by atoms with Crippen molar-refractivity contribution in [3.05, 3.63) is 120 Å². The van der Waals surface area contributed by atoms with Crippen molar-refractivity contribution in [3.63, 3.8) is 0 Å². The van der Waals surface area contributed by atoms with Crippen molar-refractivity contribution < 1.29 is 18.7 Å². The van der Waals surface area contributed by atoms with Gasteiger partial charge >= 0.3 is 0 Å². The third-order valence-corrected chi connectivity index (χ3v) is 6.31. The fourth-order valence-corrected chi connectivity index (χ4v) is 4.41. The number of amides is 2. The summed E-state index contributed by atoms with van der Waals surface area (Å²) in [4.78, 5) is 29.1. The molecule has 0 bridgehead atoms. The van der Waals surface area contributed by atoms with Crippen molar-refractivity contribution in [3.8, 4) is 5.75 Å². The molecule has 0 aliphatic carbocycles. The maximum Gasteiger partial charge on any atom is 0.249 e. The van der Waals surface area contributed by atoms with E-state index >= 15 is 4.39 Å². The monoisotopic (exact) mass is 523 g/mol. The highest BCUT2D eigenvalue weighted by Crippen LogP contribution is 2.32. The van der Waals surface area contributed by atoms with Crippen LogP contribution in [0.25, 0.3) is 11.0 Å². The van der Waals surface area contributed by atoms with Gasteiger partial charge in [0.1, 0.15) is 29.7 Å². The molecule has 1 heterocycles. The highest BCUT2D eigenvalue weighted by Gasteiger charge is 2.35. The molecule has 5 aromatic rings. The van der Waals surface area contributed by atoms with Gasteiger partial charge in [0.05, 0.1) is 18.3 Å². The average Bonchev–Trinajstić information content (AvgIpc) is 3.38. The van der Waals surface area contributed by atoms with Crippen LogP contribution in [0.4, 0.5) is 10.1 Å². The number of fused-ring (bicyclic) bond motifs is 1. The zero-order valence-electron chi connectivity index (χ0n) is 21.2. The van der Waals surface area contributed by atoms with Gasteiger partial charge in [-0.1, -0.05) is 71.9 Å². The maximum absolute atomic E-state index is 15.3. The number of para-hydroxylation sites is 2. The highest BCUT2D eigenvalue weighted by molar-refractivity contribution is 6.01. The number of halogens is 1. The Balaban J connectivity index is 1.58. The zero-order chi connectivity index (χ0) is 27.2. The number of rotatable bonds is 9. The van der Waals surface area contributed by atoms with E-state index in [4.69, 9.17) is 4.74 Å². The second-order valence-electron chi connectivity index (χ2n) is 8.83. The van der Waals surface area contributed by atoms with Gasteiger partial charge in [-0.05, 0) is 47.5 Å². The van der Waals surface area contributed by atoms with Crippen molar-refractivity contribution in [2.45, 2.75) is 19.1 Å². The maximum atomic E-state index is 15.3. The molecular weight excluding hydrogens is 497 g/mol. The summed E-state index contributed by atoms with van der Waals surface area (Å²) < 4.78 is 22.1. The van der Waals surface area contributed by atoms with Crippen molar-refractivity contribution in [1.82, 2.24) is 20.3 Å². The number of nitrogens with one attached hydrogen (secondary N) is 1. The van der Waals surface area contributed by atoms with Crippen LogP contribution < -0.4 is 15.0 Å². The Hall–Kier alpha value is -5.05. The minimum atomic E-state index is -1.21. The summed E-state index contributed by atoms with van der Waals surface area (Å²) in [6.45, 7) is -0.0333. The minimum Gasteiger partial charge on any atom is -0.497 e. The second kappa shape index (κ2) is 11.6. The van der Waals surface area contributed by atoms with Crippen molar-refractivity contribution >= 4 is 28.5 Å². The van der Waals surface area contributed by atoms with Gasteiger partial charge in [-0.25, -0.2) is 9.07 Å². The fraction of sp³-hybridized carbons (Fsp3) is 0.133. The first-order valence-electron chi connectivity index (χ1n) is 12.4. The van der Waals surface area contributed by atoms with E-state index in [0.717, 1.165) is 5.56 Å². The molecule has 0 spiro atoms. The summed E-state index contributed by atoms with van der Waals surface area (Å²) in [6.07, 6.45) is 0. The third-order valence-electron chi connectivity index (χ3n) is 6.31. The van der Waals surface area contributed by atoms with Gasteiger partial charge in [-0.2, -0.15) is 0 Å². The highest BCUT2D eigenvalue weighted by atomic mass is 19.1. The number of nitrogens with zero attached hydrogens (tertiary/aromatic N) is 4. The van der Waals surface area contributed by atoms with E-state index in [1.165, 1.54) is 34.9 Å². The van der Waals surface area contributed by atoms with Crippen molar-refractivity contribution in [1.29, 1.82) is 0 Å². The first kappa shape index (κ1) is 25.6. The normalized spacial score (nSPS) is 11.6. The average molecular weight is 524 g/mol. The van der Waals surface area contributed by atoms with Crippen LogP contribution in [0.3, 0.4) is 0 Å². The molecule has 1 aromatic heterocycles. The Bertz CT molecular complexity index is 1600. The molecule has 8 nitrogen and oxygen atoms in total. The lowest BCUT2D eigenvalue weighted by atomic mass is 10.0. The Morgan fingerprint density at radius 1 is 0.949 bits per heavy atom. The molecule has 5 rings (SSSR count). The third kappa shape index (κ3) is 5.62. The summed E-state index contributed by atoms with van der Waals surface area (Å²) in [5, 5.41) is 11.2. The predicted molar refractivity (Wildman–Crippen MR) is 145 cm³/mol. The number of hydrogen-bond acceptors (Lipinski definition) is 5. The minimum absolute atomic E-state index is 0.0328. The molecule has 4 aromatic carbocycles. The molecule has 0 aliphatic rings. The molecule has 39 heavy (non-hydrogen) atoms. The van der Waals surface area contributed by atoms with E-state index in [9.17, 15) is 9.59 Å². The van der Waals surface area contributed by atoms with Crippen LogP contribution in [0, 0.1) is 5.82 Å². The van der Waals surface area contributed by atoms with Crippen LogP contribution in [0.1, 0.15) is 17.2 Å². The Morgan fingerprint density at radius 2 is 1.69 bits per heavy atom. The van der Waals surface area contributed by atoms with Gasteiger partial charge in [0.2, 0.25) is 11.8 Å². The van der Waals surface area contributed by atoms with Crippen LogP contribution in [-0.4, -0.2) is 33.9 Å². The molecule has 1 atom stereocenters. The van der Waals surface area contributed by atoms with Gasteiger partial charge in [0.15, 0.2) is 0 Å². The summed E-state index contributed by atoms with van der Waals surface area (Å²) in [6, 6.07) is 28.1. The van der Waals surface area contributed by atoms with Gasteiger partial charge in [-0.3, -0.25) is 14.5 Å². The molecule has 0 unspecified atom stereocenters. The molecule has 196 valence electrons. The number of benzene rings is 4. The summed E-state index contributed by atoms with van der Waals surface area (Å²) in [7, 11) is 1.51. The molecule has 0 fully saturated rings. The molecule has 2 amide bonds. The van der Waals surface area contributed by atoms with Gasteiger partial charge in [0, 0.05) is 6.54 Å². The lowest BCUT2D eigenvalue weighted by Gasteiger charge is -2.32. The summed E-state index contributed by atoms with van der Waals surface area (Å²) in [5.41, 5.74) is 2.57. The first-order chi connectivity index (χ1) is 19.0. The number of ether oxygens (including phenoxy) is 1. The first-order valence-corrected chi connectivity index (χ1v) is 12.4. The lowest BCUT2D eigenvalue weighted by Crippen LogP contribution is -2.45. The zero-order valence-corrected chi connectivity index (χ0v) is 21.2. The topological polar surface area (TPSA) is 89.4 Å². The molecule has 0 aliphatic heterocycles. The number of hydrogen-bond donors (Lipinski definition) is 1. The molecule has 9 heteroatoms. The second-order valence-corrected chi connectivity index (χ2v) is 8.83. The van der Waals surface area contributed by atoms with Crippen LogP contribution in [0.2, 0.25) is 0 Å². The smallest absolute Gasteiger partial charge is 0.249 e. The van der Waals surface area contributed by atoms with Crippen LogP contribution in [0.5, 0.6) is 5.75 Å². The Labute approximate surface area is 224 Å². The van der Waals surface area contributed by atoms with E-state index in [1.807, 2.05) is 42.5 Å². The van der Waals surface area contributed by atoms with Crippen molar-refractivity contribution in [2.75, 3.05) is 12.0 Å². The summed E-state index contributed by atoms with van der Waals surface area (Å²) >= 11 is 0. The van der Waals surface area contributed by atoms with E-state index in [-0.39, 0.29) is 18.8 Å². The fourth-order valence-electron chi connectivity index (χ4n) is 4.41. The predicted octanol–water partition coefficient (Wildman–Crippen LogP) is 4.67. The standard InChI is InChI=1S/C30H26FN5O3/c1-39-23-13-9-12-22(18-23)29(30(38)32-19-21-10-3-2-4-11-21)36(26-16-7-5-14-24(26)31)28(37)20-35-27-17-8-6-15-25(27)33-34-35/h2-18,29H,19-20H2,1H3,(H,32,38)/t29-/m0/s1. The number of aromatic nitrogens is 3. The molecular formula is C30H26FN5O3. The molecule has 0 saturated carbocycles. The number of carbonyl (C=O) groups excluding carboxylic acids is 2. The van der Waals surface area contributed by atoms with Crippen LogP contribution in [-0.2, 0) is 22.7 Å². The number of anilines is 1. The molecule has 0 saturated heterocycles. The van der Waals surface area contributed by atoms with Gasteiger partial charge < -0.3 is 10.1 Å². The molecule has 1 N–H and O–H groups in total. The Morgan fingerprint density at radius 3 is 2.49 bits per heavy atom. The Kier molecular flexibility index (Phi) is 7.58.